The van der Waals surface area contributed by atoms with Crippen LogP contribution >= 0.6 is 0 Å². The summed E-state index contributed by atoms with van der Waals surface area (Å²) in [6.45, 7) is 0.455. The van der Waals surface area contributed by atoms with Crippen molar-refractivity contribution in [3.63, 3.8) is 0 Å². The first-order chi connectivity index (χ1) is 16.0. The Morgan fingerprint density at radius 1 is 0.909 bits per heavy atom. The number of aryl methyl sites for hydroxylation is 1. The molecule has 3 heterocycles. The van der Waals surface area contributed by atoms with E-state index in [0.29, 0.717) is 6.61 Å². The number of para-hydroxylation sites is 1. The first kappa shape index (κ1) is 21.1. The van der Waals surface area contributed by atoms with Gasteiger partial charge in [-0.3, -0.25) is 4.79 Å². The smallest absolute Gasteiger partial charge is 0.250 e. The highest BCUT2D eigenvalue weighted by atomic mass is 16.5. The van der Waals surface area contributed by atoms with Crippen LogP contribution in [0.3, 0.4) is 0 Å². The van der Waals surface area contributed by atoms with Crippen LogP contribution in [0, 0.1) is 0 Å². The maximum atomic E-state index is 12.1. The average Bonchev–Trinajstić information content (AvgIpc) is 3.13. The van der Waals surface area contributed by atoms with Gasteiger partial charge in [-0.25, -0.2) is 4.98 Å². The molecule has 0 fully saturated rings. The molecule has 0 spiro atoms. The van der Waals surface area contributed by atoms with Crippen LogP contribution in [-0.4, -0.2) is 39.9 Å². The third-order valence-corrected chi connectivity index (χ3v) is 6.12. The number of aromatic nitrogens is 2. The Bertz CT molecular complexity index is 1390. The number of hydrazine groups is 1. The van der Waals surface area contributed by atoms with Gasteiger partial charge in [0.2, 0.25) is 0 Å². The standard InChI is InChI=1S/C27H26N4O2/c1-29-15-14-22(16-26(29)32)23-17-30(2)31(3)27(23)33-18-19-8-10-21(11-9-19)25-13-12-20-6-4-5-7-24(20)28-25/h4-17,27H,18H2,1-3H3. The van der Waals surface area contributed by atoms with E-state index in [1.165, 1.54) is 0 Å². The Kier molecular flexibility index (Phi) is 5.54. The summed E-state index contributed by atoms with van der Waals surface area (Å²) in [6.07, 6.45) is 3.52. The molecule has 0 saturated carbocycles. The molecule has 1 unspecified atom stereocenters. The van der Waals surface area contributed by atoms with Crippen LogP contribution < -0.4 is 5.56 Å². The predicted octanol–water partition coefficient (Wildman–Crippen LogP) is 4.28. The zero-order chi connectivity index (χ0) is 22.9. The normalized spacial score (nSPS) is 16.4. The summed E-state index contributed by atoms with van der Waals surface area (Å²) in [6, 6.07) is 24.2. The lowest BCUT2D eigenvalue weighted by Crippen LogP contribution is -2.37. The van der Waals surface area contributed by atoms with Gasteiger partial charge >= 0.3 is 0 Å². The van der Waals surface area contributed by atoms with Gasteiger partial charge in [-0.2, -0.15) is 5.01 Å². The molecule has 1 aliphatic heterocycles. The Labute approximate surface area is 193 Å². The summed E-state index contributed by atoms with van der Waals surface area (Å²) in [5.41, 5.74) is 5.89. The lowest BCUT2D eigenvalue weighted by Gasteiger charge is -2.27. The minimum absolute atomic E-state index is 0.0396. The largest absolute Gasteiger partial charge is 0.352 e. The topological polar surface area (TPSA) is 50.6 Å². The fraction of sp³-hybridized carbons (Fsp3) is 0.185. The summed E-state index contributed by atoms with van der Waals surface area (Å²) < 4.78 is 7.87. The molecular formula is C27H26N4O2. The summed E-state index contributed by atoms with van der Waals surface area (Å²) in [4.78, 5) is 16.9. The van der Waals surface area contributed by atoms with Gasteiger partial charge in [0, 0.05) is 56.1 Å². The van der Waals surface area contributed by atoms with Gasteiger partial charge < -0.3 is 14.3 Å². The molecular weight excluding hydrogens is 412 g/mol. The van der Waals surface area contributed by atoms with Crippen molar-refractivity contribution in [3.05, 3.63) is 107 Å². The van der Waals surface area contributed by atoms with Crippen molar-refractivity contribution in [2.45, 2.75) is 12.8 Å². The van der Waals surface area contributed by atoms with Crippen LogP contribution in [0.4, 0.5) is 0 Å². The molecule has 2 aromatic carbocycles. The summed E-state index contributed by atoms with van der Waals surface area (Å²) >= 11 is 0. The Morgan fingerprint density at radius 3 is 2.48 bits per heavy atom. The van der Waals surface area contributed by atoms with E-state index in [1.54, 1.807) is 23.9 Å². The van der Waals surface area contributed by atoms with Crippen molar-refractivity contribution in [2.75, 3.05) is 14.1 Å². The minimum atomic E-state index is -0.274. The van der Waals surface area contributed by atoms with Gasteiger partial charge in [-0.15, -0.1) is 0 Å². The quantitative estimate of drug-likeness (QED) is 0.466. The molecule has 1 aliphatic rings. The highest BCUT2D eigenvalue weighted by molar-refractivity contribution is 5.81. The molecule has 0 bridgehead atoms. The molecule has 0 aliphatic carbocycles. The first-order valence-corrected chi connectivity index (χ1v) is 10.9. The Hall–Kier alpha value is -3.74. The number of ether oxygens (including phenoxy) is 1. The van der Waals surface area contributed by atoms with Crippen LogP contribution in [0.25, 0.3) is 27.7 Å². The zero-order valence-electron chi connectivity index (χ0n) is 19.0. The van der Waals surface area contributed by atoms with Gasteiger partial charge in [0.15, 0.2) is 6.23 Å². The molecule has 6 heteroatoms. The van der Waals surface area contributed by atoms with E-state index in [2.05, 4.69) is 42.5 Å². The lowest BCUT2D eigenvalue weighted by atomic mass is 10.1. The summed E-state index contributed by atoms with van der Waals surface area (Å²) in [5.74, 6) is 0. The number of fused-ring (bicyclic) bond motifs is 1. The molecule has 4 aromatic rings. The Balaban J connectivity index is 1.32. The SMILES string of the molecule is CN1C=C(c2ccn(C)c(=O)c2)C(OCc2ccc(-c3ccc4ccccc4n3)cc2)N1C. The lowest BCUT2D eigenvalue weighted by molar-refractivity contribution is -0.0807. The summed E-state index contributed by atoms with van der Waals surface area (Å²) in [5, 5.41) is 5.13. The van der Waals surface area contributed by atoms with Crippen molar-refractivity contribution >= 4 is 16.5 Å². The number of benzene rings is 2. The van der Waals surface area contributed by atoms with E-state index in [9.17, 15) is 4.79 Å². The second kappa shape index (κ2) is 8.65. The van der Waals surface area contributed by atoms with Crippen molar-refractivity contribution < 1.29 is 4.74 Å². The van der Waals surface area contributed by atoms with Crippen molar-refractivity contribution in [1.29, 1.82) is 0 Å². The van der Waals surface area contributed by atoms with Crippen LogP contribution in [0.15, 0.2) is 90.0 Å². The monoisotopic (exact) mass is 438 g/mol. The zero-order valence-corrected chi connectivity index (χ0v) is 19.0. The number of hydrogen-bond acceptors (Lipinski definition) is 5. The highest BCUT2D eigenvalue weighted by Crippen LogP contribution is 2.30. The fourth-order valence-electron chi connectivity index (χ4n) is 4.04. The molecule has 33 heavy (non-hydrogen) atoms. The van der Waals surface area contributed by atoms with Gasteiger partial charge in [0.1, 0.15) is 0 Å². The van der Waals surface area contributed by atoms with Crippen LogP contribution in [0.2, 0.25) is 0 Å². The molecule has 0 saturated heterocycles. The maximum Gasteiger partial charge on any atom is 0.250 e. The van der Waals surface area contributed by atoms with Gasteiger partial charge in [0.25, 0.3) is 5.56 Å². The molecule has 5 rings (SSSR count). The Morgan fingerprint density at radius 2 is 1.70 bits per heavy atom. The van der Waals surface area contributed by atoms with E-state index in [0.717, 1.165) is 38.9 Å². The van der Waals surface area contributed by atoms with Gasteiger partial charge in [-0.05, 0) is 29.3 Å². The van der Waals surface area contributed by atoms with Gasteiger partial charge in [-0.1, -0.05) is 48.5 Å². The van der Waals surface area contributed by atoms with Crippen LogP contribution in [-0.2, 0) is 18.4 Å². The second-order valence-corrected chi connectivity index (χ2v) is 8.35. The van der Waals surface area contributed by atoms with Crippen LogP contribution in [0.5, 0.6) is 0 Å². The third kappa shape index (κ3) is 4.18. The van der Waals surface area contributed by atoms with E-state index in [1.807, 2.05) is 54.6 Å². The first-order valence-electron chi connectivity index (χ1n) is 10.9. The second-order valence-electron chi connectivity index (χ2n) is 8.35. The predicted molar refractivity (Wildman–Crippen MR) is 131 cm³/mol. The summed E-state index contributed by atoms with van der Waals surface area (Å²) in [7, 11) is 5.69. The van der Waals surface area contributed by atoms with Crippen LogP contribution in [0.1, 0.15) is 11.1 Å². The van der Waals surface area contributed by atoms with Crippen molar-refractivity contribution in [3.8, 4) is 11.3 Å². The number of pyridine rings is 2. The van der Waals surface area contributed by atoms with E-state index in [-0.39, 0.29) is 11.8 Å². The fourth-order valence-corrected chi connectivity index (χ4v) is 4.04. The number of nitrogens with zero attached hydrogens (tertiary/aromatic N) is 4. The number of likely N-dealkylation sites (N-methyl/N-ethyl adjacent to an activating group) is 1. The average molecular weight is 439 g/mol. The molecule has 6 nitrogen and oxygen atoms in total. The molecule has 166 valence electrons. The highest BCUT2D eigenvalue weighted by Gasteiger charge is 2.30. The van der Waals surface area contributed by atoms with Crippen molar-refractivity contribution in [2.24, 2.45) is 7.05 Å². The molecule has 0 amide bonds. The molecule has 2 aromatic heterocycles. The molecule has 0 radical (unpaired) electrons. The number of rotatable bonds is 5. The maximum absolute atomic E-state index is 12.1. The third-order valence-electron chi connectivity index (χ3n) is 6.12. The van der Waals surface area contributed by atoms with Crippen molar-refractivity contribution in [1.82, 2.24) is 19.6 Å². The van der Waals surface area contributed by atoms with E-state index >= 15 is 0 Å². The minimum Gasteiger partial charge on any atom is -0.352 e. The van der Waals surface area contributed by atoms with Gasteiger partial charge in [0.05, 0.1) is 17.8 Å². The number of hydrogen-bond donors (Lipinski definition) is 0. The molecule has 0 N–H and O–H groups in total. The van der Waals surface area contributed by atoms with E-state index < -0.39 is 0 Å². The van der Waals surface area contributed by atoms with E-state index in [4.69, 9.17) is 9.72 Å². The molecule has 1 atom stereocenters.